The van der Waals surface area contributed by atoms with E-state index in [1.165, 1.54) is 24.2 Å². The topological polar surface area (TPSA) is 135 Å². The third-order valence-corrected chi connectivity index (χ3v) is 11.0. The van der Waals surface area contributed by atoms with Crippen molar-refractivity contribution in [3.8, 4) is 28.9 Å². The zero-order chi connectivity index (χ0) is 31.2. The molecule has 0 aliphatic carbocycles. The Morgan fingerprint density at radius 1 is 1.18 bits per heavy atom. The van der Waals surface area contributed by atoms with Crippen LogP contribution < -0.4 is 10.6 Å². The van der Waals surface area contributed by atoms with E-state index in [1.807, 2.05) is 6.92 Å². The molecule has 0 radical (unpaired) electrons. The first kappa shape index (κ1) is 30.1. The van der Waals surface area contributed by atoms with E-state index in [4.69, 9.17) is 30.1 Å². The SMILES string of the molecule is CCCc1sc(N)c(C#N)c1-c1onc(-c2nc3c4c(nn(CC5CCCN5C)c4n2)CC[C@H]2CCC(C)CN32)c1COCC. The van der Waals surface area contributed by atoms with Gasteiger partial charge >= 0.3 is 0 Å². The number of nitrogen functional groups attached to an aromatic ring is 1. The summed E-state index contributed by atoms with van der Waals surface area (Å²) in [4.78, 5) is 16.5. The largest absolute Gasteiger partial charge is 0.389 e. The Morgan fingerprint density at radius 2 is 2.04 bits per heavy atom. The van der Waals surface area contributed by atoms with Gasteiger partial charge < -0.3 is 24.8 Å². The molecule has 2 unspecified atom stereocenters. The van der Waals surface area contributed by atoms with Crippen LogP contribution in [-0.2, 0) is 30.7 Å². The molecule has 45 heavy (non-hydrogen) atoms. The number of rotatable bonds is 9. The van der Waals surface area contributed by atoms with Crippen molar-refractivity contribution in [3.63, 3.8) is 0 Å². The van der Waals surface area contributed by atoms with Gasteiger partial charge in [0.15, 0.2) is 22.9 Å². The summed E-state index contributed by atoms with van der Waals surface area (Å²) in [7, 11) is 2.20. The first-order chi connectivity index (χ1) is 21.9. The number of fused-ring (bicyclic) bond motifs is 2. The third kappa shape index (κ3) is 5.28. The second kappa shape index (κ2) is 12.3. The minimum absolute atomic E-state index is 0.258. The highest BCUT2D eigenvalue weighted by Crippen LogP contribution is 2.44. The molecule has 3 aliphatic heterocycles. The van der Waals surface area contributed by atoms with Gasteiger partial charge in [0.05, 0.1) is 40.9 Å². The van der Waals surface area contributed by atoms with Crippen LogP contribution in [0.15, 0.2) is 4.52 Å². The number of likely N-dealkylation sites (N-methyl/N-ethyl adjacent to an activating group) is 1. The molecule has 2 fully saturated rings. The predicted octanol–water partition coefficient (Wildman–Crippen LogP) is 5.80. The summed E-state index contributed by atoms with van der Waals surface area (Å²) in [5.41, 5.74) is 10.7. The Labute approximate surface area is 268 Å². The van der Waals surface area contributed by atoms with Crippen molar-refractivity contribution < 1.29 is 9.26 Å². The number of ether oxygens (including phenoxy) is 1. The van der Waals surface area contributed by atoms with Gasteiger partial charge in [-0.05, 0) is 71.4 Å². The molecule has 12 heteroatoms. The Kier molecular flexibility index (Phi) is 8.27. The van der Waals surface area contributed by atoms with E-state index < -0.39 is 0 Å². The van der Waals surface area contributed by atoms with Crippen LogP contribution in [-0.4, -0.2) is 68.6 Å². The Hall–Kier alpha value is -3.53. The molecule has 11 nitrogen and oxygen atoms in total. The molecule has 4 aromatic heterocycles. The molecular weight excluding hydrogens is 586 g/mol. The van der Waals surface area contributed by atoms with Crippen LogP contribution in [0, 0.1) is 17.2 Å². The van der Waals surface area contributed by atoms with E-state index in [9.17, 15) is 5.26 Å². The van der Waals surface area contributed by atoms with Crippen molar-refractivity contribution >= 4 is 33.2 Å². The van der Waals surface area contributed by atoms with Gasteiger partial charge in [-0.15, -0.1) is 11.3 Å². The van der Waals surface area contributed by atoms with Crippen molar-refractivity contribution in [2.24, 2.45) is 5.92 Å². The third-order valence-electron chi connectivity index (χ3n) is 9.90. The average Bonchev–Trinajstić information content (AvgIpc) is 3.78. The fourth-order valence-corrected chi connectivity index (χ4v) is 8.61. The maximum absolute atomic E-state index is 10.1. The highest BCUT2D eigenvalue weighted by molar-refractivity contribution is 7.16. The molecule has 2 N–H and O–H groups in total. The Balaban J connectivity index is 1.43. The van der Waals surface area contributed by atoms with E-state index in [2.05, 4.69) is 46.6 Å². The Morgan fingerprint density at radius 3 is 2.80 bits per heavy atom. The lowest BCUT2D eigenvalue weighted by atomic mass is 9.92. The summed E-state index contributed by atoms with van der Waals surface area (Å²) < 4.78 is 14.2. The first-order valence-electron chi connectivity index (χ1n) is 16.5. The number of hydrogen-bond donors (Lipinski definition) is 1. The zero-order valence-corrected chi connectivity index (χ0v) is 27.6. The lowest BCUT2D eigenvalue weighted by Gasteiger charge is -2.39. The normalized spacial score (nSPS) is 21.8. The van der Waals surface area contributed by atoms with Gasteiger partial charge in [-0.1, -0.05) is 25.4 Å². The summed E-state index contributed by atoms with van der Waals surface area (Å²) in [6.45, 7) is 10.0. The molecule has 7 rings (SSSR count). The minimum Gasteiger partial charge on any atom is -0.389 e. The molecular formula is C33H43N9O2S. The van der Waals surface area contributed by atoms with E-state index in [0.29, 0.717) is 52.5 Å². The Bertz CT molecular complexity index is 1750. The number of aromatic nitrogens is 5. The lowest BCUT2D eigenvalue weighted by Crippen LogP contribution is -2.43. The standard InChI is InChI=1S/C33H43N9O2S/c1-5-8-25-26(22(15-34)30(35)45-25)29-23(18-43-6-2)28(39-44-29)31-36-32-27-24(13-12-20-11-10-19(3)16-41(20)32)38-42(33(27)37-31)17-21-9-7-14-40(21)4/h19-21H,5-14,16-18,35H2,1-4H3/t19?,20-,21?/m1/s1. The number of nitrogens with two attached hydrogens (primary N) is 1. The van der Waals surface area contributed by atoms with Crippen molar-refractivity contribution in [1.29, 1.82) is 5.26 Å². The lowest BCUT2D eigenvalue weighted by molar-refractivity contribution is 0.134. The number of piperidine rings is 1. The maximum Gasteiger partial charge on any atom is 0.186 e. The van der Waals surface area contributed by atoms with Crippen LogP contribution in [0.4, 0.5) is 10.8 Å². The zero-order valence-electron chi connectivity index (χ0n) is 26.8. The molecule has 4 aromatic rings. The molecule has 0 saturated carbocycles. The molecule has 0 bridgehead atoms. The predicted molar refractivity (Wildman–Crippen MR) is 176 cm³/mol. The molecule has 2 saturated heterocycles. The van der Waals surface area contributed by atoms with Gasteiger partial charge in [0.1, 0.15) is 16.9 Å². The second-order valence-electron chi connectivity index (χ2n) is 13.0. The van der Waals surface area contributed by atoms with Crippen LogP contribution in [0.5, 0.6) is 0 Å². The van der Waals surface area contributed by atoms with Crippen molar-refractivity contribution in [3.05, 3.63) is 21.7 Å². The number of thiophene rings is 1. The van der Waals surface area contributed by atoms with E-state index in [0.717, 1.165) is 96.7 Å². The fraction of sp³-hybridized carbons (Fsp3) is 0.606. The quantitative estimate of drug-likeness (QED) is 0.242. The number of nitriles is 1. The van der Waals surface area contributed by atoms with Crippen LogP contribution in [0.3, 0.4) is 0 Å². The molecule has 0 amide bonds. The number of aryl methyl sites for hydroxylation is 2. The molecule has 238 valence electrons. The van der Waals surface area contributed by atoms with Gasteiger partial charge in [0.25, 0.3) is 0 Å². The highest BCUT2D eigenvalue weighted by atomic mass is 32.1. The summed E-state index contributed by atoms with van der Waals surface area (Å²) in [5.74, 6) is 2.57. The molecule has 0 spiro atoms. The van der Waals surface area contributed by atoms with Gasteiger partial charge in [-0.3, -0.25) is 0 Å². The fourth-order valence-electron chi connectivity index (χ4n) is 7.49. The van der Waals surface area contributed by atoms with Gasteiger partial charge in [-0.2, -0.15) is 10.4 Å². The van der Waals surface area contributed by atoms with E-state index in [-0.39, 0.29) is 6.61 Å². The van der Waals surface area contributed by atoms with Gasteiger partial charge in [0.2, 0.25) is 0 Å². The molecule has 0 aromatic carbocycles. The summed E-state index contributed by atoms with van der Waals surface area (Å²) in [6.07, 6.45) is 8.43. The summed E-state index contributed by atoms with van der Waals surface area (Å²) in [6, 6.07) is 3.17. The van der Waals surface area contributed by atoms with Crippen molar-refractivity contribution in [1.82, 2.24) is 29.8 Å². The maximum atomic E-state index is 10.1. The van der Waals surface area contributed by atoms with E-state index in [1.54, 1.807) is 0 Å². The van der Waals surface area contributed by atoms with Crippen LogP contribution in [0.2, 0.25) is 0 Å². The van der Waals surface area contributed by atoms with Gasteiger partial charge in [0, 0.05) is 30.1 Å². The summed E-state index contributed by atoms with van der Waals surface area (Å²) in [5, 5.41) is 21.5. The van der Waals surface area contributed by atoms with E-state index >= 15 is 0 Å². The number of nitrogens with zero attached hydrogens (tertiary/aromatic N) is 8. The highest BCUT2D eigenvalue weighted by Gasteiger charge is 2.36. The number of likely N-dealkylation sites (tertiary alicyclic amines) is 1. The number of anilines is 2. The molecule has 7 heterocycles. The minimum atomic E-state index is 0.258. The van der Waals surface area contributed by atoms with Crippen molar-refractivity contribution in [2.45, 2.75) is 97.4 Å². The average molecular weight is 630 g/mol. The smallest absolute Gasteiger partial charge is 0.186 e. The van der Waals surface area contributed by atoms with Crippen molar-refractivity contribution in [2.75, 3.05) is 37.4 Å². The van der Waals surface area contributed by atoms with Crippen LogP contribution >= 0.6 is 11.3 Å². The second-order valence-corrected chi connectivity index (χ2v) is 14.1. The summed E-state index contributed by atoms with van der Waals surface area (Å²) >= 11 is 1.45. The van der Waals surface area contributed by atoms with Crippen LogP contribution in [0.25, 0.3) is 33.9 Å². The first-order valence-corrected chi connectivity index (χ1v) is 17.4. The van der Waals surface area contributed by atoms with Crippen LogP contribution in [0.1, 0.15) is 81.0 Å². The number of hydrogen-bond acceptors (Lipinski definition) is 11. The monoisotopic (exact) mass is 629 g/mol. The molecule has 3 aliphatic rings. The van der Waals surface area contributed by atoms with Gasteiger partial charge in [-0.25, -0.2) is 14.6 Å². The molecule has 3 atom stereocenters.